The van der Waals surface area contributed by atoms with Gasteiger partial charge in [-0.3, -0.25) is 9.59 Å². The van der Waals surface area contributed by atoms with E-state index in [1.54, 1.807) is 20.9 Å². The zero-order chi connectivity index (χ0) is 16.6. The molecule has 21 heavy (non-hydrogen) atoms. The first-order valence-electron chi connectivity index (χ1n) is 7.32. The van der Waals surface area contributed by atoms with Gasteiger partial charge in [0.05, 0.1) is 6.54 Å². The number of hydrogen-bond acceptors (Lipinski definition) is 2. The molecule has 1 N–H and O–H groups in total. The van der Waals surface area contributed by atoms with Crippen LogP contribution in [0.25, 0.3) is 0 Å². The van der Waals surface area contributed by atoms with Crippen molar-refractivity contribution in [2.24, 2.45) is 0 Å². The van der Waals surface area contributed by atoms with Crippen molar-refractivity contribution in [2.45, 2.75) is 47.1 Å². The molecule has 0 saturated carbocycles. The Morgan fingerprint density at radius 2 is 1.38 bits per heavy atom. The van der Waals surface area contributed by atoms with Crippen LogP contribution in [0.5, 0.6) is 0 Å². The van der Waals surface area contributed by atoms with Gasteiger partial charge in [0, 0.05) is 7.05 Å². The van der Waals surface area contributed by atoms with Crippen LogP contribution in [0.3, 0.4) is 0 Å². The first-order valence-corrected chi connectivity index (χ1v) is 7.32. The van der Waals surface area contributed by atoms with E-state index < -0.39 is 5.54 Å². The van der Waals surface area contributed by atoms with Crippen molar-refractivity contribution < 1.29 is 9.59 Å². The fourth-order valence-electron chi connectivity index (χ4n) is 1.84. The maximum atomic E-state index is 11.3. The number of likely N-dealkylation sites (N-methyl/N-ethyl adjacent to an activating group) is 1. The van der Waals surface area contributed by atoms with Crippen molar-refractivity contribution in [3.8, 4) is 0 Å². The van der Waals surface area contributed by atoms with E-state index in [0.717, 1.165) is 0 Å². The predicted octanol–water partition coefficient (Wildman–Crippen LogP) is 2.68. The average molecular weight is 292 g/mol. The fourth-order valence-corrected chi connectivity index (χ4v) is 1.84. The molecule has 1 aromatic rings. The van der Waals surface area contributed by atoms with Crippen LogP contribution in [0.1, 0.15) is 38.8 Å². The first kappa shape index (κ1) is 19.2. The summed E-state index contributed by atoms with van der Waals surface area (Å²) in [5.41, 5.74) is 1.93. The quantitative estimate of drug-likeness (QED) is 0.799. The topological polar surface area (TPSA) is 49.4 Å². The normalized spacial score (nSPS) is 16.0. The summed E-state index contributed by atoms with van der Waals surface area (Å²) in [5, 5.41) is 2.61. The van der Waals surface area contributed by atoms with Crippen LogP contribution in [-0.2, 0) is 9.59 Å². The number of nitrogens with one attached hydrogen (secondary N) is 1. The SMILES string of the molecule is CC.CN1CC(=O)NC(C)(C)C1=O.Cc1ccc(C)cc1. The van der Waals surface area contributed by atoms with Crippen molar-refractivity contribution in [3.05, 3.63) is 35.4 Å². The standard InChI is InChI=1S/C8H10.C7H12N2O2.C2H6/c1-7-3-5-8(2)6-4-7;1-7(2)6(11)9(3)4-5(10)8-7;1-2/h3-6H,1-2H3;4H2,1-3H3,(H,8,10);1-2H3. The minimum Gasteiger partial charge on any atom is -0.341 e. The molecule has 0 radical (unpaired) electrons. The molecule has 1 aliphatic rings. The summed E-state index contributed by atoms with van der Waals surface area (Å²) in [6, 6.07) is 8.48. The second kappa shape index (κ2) is 8.45. The van der Waals surface area contributed by atoms with Gasteiger partial charge in [-0.05, 0) is 27.7 Å². The lowest BCUT2D eigenvalue weighted by Gasteiger charge is -2.35. The van der Waals surface area contributed by atoms with E-state index in [1.165, 1.54) is 16.0 Å². The molecule has 0 unspecified atom stereocenters. The Balaban J connectivity index is 0.000000354. The molecule has 0 spiro atoms. The van der Waals surface area contributed by atoms with Crippen LogP contribution >= 0.6 is 0 Å². The minimum atomic E-state index is -0.732. The summed E-state index contributed by atoms with van der Waals surface area (Å²) in [5.74, 6) is -0.144. The summed E-state index contributed by atoms with van der Waals surface area (Å²) in [6.45, 7) is 11.8. The average Bonchev–Trinajstić information content (AvgIpc) is 2.42. The second-order valence-electron chi connectivity index (χ2n) is 5.49. The summed E-state index contributed by atoms with van der Waals surface area (Å²) in [7, 11) is 1.63. The van der Waals surface area contributed by atoms with E-state index in [2.05, 4.69) is 43.4 Å². The van der Waals surface area contributed by atoms with Crippen LogP contribution in [0.4, 0.5) is 0 Å². The highest BCUT2D eigenvalue weighted by atomic mass is 16.2. The lowest BCUT2D eigenvalue weighted by molar-refractivity contribution is -0.146. The molecule has 1 heterocycles. The molecule has 0 atom stereocenters. The van der Waals surface area contributed by atoms with Gasteiger partial charge < -0.3 is 10.2 Å². The maximum Gasteiger partial charge on any atom is 0.247 e. The number of aryl methyl sites for hydroxylation is 2. The Hall–Kier alpha value is -1.84. The van der Waals surface area contributed by atoms with E-state index in [-0.39, 0.29) is 18.4 Å². The first-order chi connectivity index (χ1) is 9.72. The largest absolute Gasteiger partial charge is 0.341 e. The van der Waals surface area contributed by atoms with Gasteiger partial charge in [0.1, 0.15) is 5.54 Å². The van der Waals surface area contributed by atoms with Crippen molar-refractivity contribution >= 4 is 11.8 Å². The number of piperazine rings is 1. The Bertz CT molecular complexity index is 443. The Labute approximate surface area is 128 Å². The number of carbonyl (C=O) groups excluding carboxylic acids is 2. The van der Waals surface area contributed by atoms with Gasteiger partial charge in [0.25, 0.3) is 0 Å². The van der Waals surface area contributed by atoms with Crippen molar-refractivity contribution in [1.82, 2.24) is 10.2 Å². The van der Waals surface area contributed by atoms with Crippen LogP contribution in [0, 0.1) is 13.8 Å². The van der Waals surface area contributed by atoms with Crippen molar-refractivity contribution in [2.75, 3.05) is 13.6 Å². The maximum absolute atomic E-state index is 11.3. The van der Waals surface area contributed by atoms with Crippen LogP contribution in [0.2, 0.25) is 0 Å². The highest BCUT2D eigenvalue weighted by Crippen LogP contribution is 2.10. The minimum absolute atomic E-state index is 0.0444. The van der Waals surface area contributed by atoms with Gasteiger partial charge >= 0.3 is 0 Å². The Kier molecular flexibility index (Phi) is 7.71. The smallest absolute Gasteiger partial charge is 0.247 e. The number of benzene rings is 1. The zero-order valence-corrected chi connectivity index (χ0v) is 14.3. The third-order valence-electron chi connectivity index (χ3n) is 2.93. The predicted molar refractivity (Wildman–Crippen MR) is 87.1 cm³/mol. The third kappa shape index (κ3) is 6.43. The van der Waals surface area contributed by atoms with Gasteiger partial charge in [-0.2, -0.15) is 0 Å². The summed E-state index contributed by atoms with van der Waals surface area (Å²) in [6.07, 6.45) is 0. The van der Waals surface area contributed by atoms with E-state index in [0.29, 0.717) is 0 Å². The van der Waals surface area contributed by atoms with Gasteiger partial charge in [0.15, 0.2) is 0 Å². The molecule has 0 bridgehead atoms. The molecule has 0 aromatic heterocycles. The van der Waals surface area contributed by atoms with Crippen molar-refractivity contribution in [3.63, 3.8) is 0 Å². The third-order valence-corrected chi connectivity index (χ3v) is 2.93. The van der Waals surface area contributed by atoms with Crippen molar-refractivity contribution in [1.29, 1.82) is 0 Å². The molecule has 2 amide bonds. The van der Waals surface area contributed by atoms with Gasteiger partial charge in [-0.1, -0.05) is 49.2 Å². The van der Waals surface area contributed by atoms with Crippen LogP contribution in [0.15, 0.2) is 24.3 Å². The molecule has 4 heteroatoms. The molecular formula is C17H28N2O2. The molecule has 0 aliphatic carbocycles. The molecule has 2 rings (SSSR count). The number of hydrogen-bond donors (Lipinski definition) is 1. The summed E-state index contributed by atoms with van der Waals surface area (Å²) >= 11 is 0. The number of nitrogens with zero attached hydrogens (tertiary/aromatic N) is 1. The van der Waals surface area contributed by atoms with E-state index >= 15 is 0 Å². The lowest BCUT2D eigenvalue weighted by Crippen LogP contribution is -2.62. The highest BCUT2D eigenvalue weighted by Gasteiger charge is 2.36. The fraction of sp³-hybridized carbons (Fsp3) is 0.529. The molecule has 1 aliphatic heterocycles. The molecule has 1 aromatic carbocycles. The summed E-state index contributed by atoms with van der Waals surface area (Å²) < 4.78 is 0. The summed E-state index contributed by atoms with van der Waals surface area (Å²) in [4.78, 5) is 23.7. The van der Waals surface area contributed by atoms with Gasteiger partial charge in [-0.25, -0.2) is 0 Å². The van der Waals surface area contributed by atoms with Crippen LogP contribution < -0.4 is 5.32 Å². The highest BCUT2D eigenvalue weighted by molar-refractivity contribution is 5.97. The van der Waals surface area contributed by atoms with E-state index in [4.69, 9.17) is 0 Å². The van der Waals surface area contributed by atoms with Gasteiger partial charge in [-0.15, -0.1) is 0 Å². The number of rotatable bonds is 0. The van der Waals surface area contributed by atoms with E-state index in [1.807, 2.05) is 13.8 Å². The van der Waals surface area contributed by atoms with Crippen LogP contribution in [-0.4, -0.2) is 35.8 Å². The zero-order valence-electron chi connectivity index (χ0n) is 14.3. The molecule has 1 saturated heterocycles. The number of carbonyl (C=O) groups is 2. The van der Waals surface area contributed by atoms with Gasteiger partial charge in [0.2, 0.25) is 11.8 Å². The molecular weight excluding hydrogens is 264 g/mol. The van der Waals surface area contributed by atoms with E-state index in [9.17, 15) is 9.59 Å². The lowest BCUT2D eigenvalue weighted by atomic mass is 10.0. The molecule has 118 valence electrons. The second-order valence-corrected chi connectivity index (χ2v) is 5.49. The molecule has 4 nitrogen and oxygen atoms in total. The molecule has 1 fully saturated rings. The monoisotopic (exact) mass is 292 g/mol. The number of amides is 2. The Morgan fingerprint density at radius 1 is 1.00 bits per heavy atom. The Morgan fingerprint density at radius 3 is 1.71 bits per heavy atom.